The SMILES string of the molecule is O=C(O)COCC(=O)c1cc(Br)c(Cl)s1. The smallest absolute Gasteiger partial charge is 0.329 e. The number of carbonyl (C=O) groups is 2. The van der Waals surface area contributed by atoms with Gasteiger partial charge in [-0.2, -0.15) is 0 Å². The van der Waals surface area contributed by atoms with Crippen LogP contribution in [0.25, 0.3) is 0 Å². The molecule has 1 N–H and O–H groups in total. The van der Waals surface area contributed by atoms with Gasteiger partial charge in [0.05, 0.1) is 4.88 Å². The number of hydrogen-bond donors (Lipinski definition) is 1. The molecule has 0 aliphatic carbocycles. The number of ketones is 1. The van der Waals surface area contributed by atoms with Gasteiger partial charge in [-0.3, -0.25) is 4.79 Å². The predicted octanol–water partition coefficient (Wildman–Crippen LogP) is 2.45. The van der Waals surface area contributed by atoms with E-state index in [9.17, 15) is 9.59 Å². The second-order valence-corrected chi connectivity index (χ2v) is 5.05. The Morgan fingerprint density at radius 2 is 2.20 bits per heavy atom. The summed E-state index contributed by atoms with van der Waals surface area (Å²) >= 11 is 10.0. The van der Waals surface area contributed by atoms with Crippen LogP contribution in [-0.2, 0) is 9.53 Å². The average Bonchev–Trinajstić information content (AvgIpc) is 2.46. The van der Waals surface area contributed by atoms with Crippen molar-refractivity contribution >= 4 is 50.6 Å². The maximum Gasteiger partial charge on any atom is 0.329 e. The molecule has 0 fully saturated rings. The monoisotopic (exact) mass is 312 g/mol. The zero-order valence-electron chi connectivity index (χ0n) is 7.33. The van der Waals surface area contributed by atoms with Crippen LogP contribution in [0, 0.1) is 0 Å². The molecule has 0 unspecified atom stereocenters. The molecule has 15 heavy (non-hydrogen) atoms. The van der Waals surface area contributed by atoms with E-state index in [1.807, 2.05) is 0 Å². The van der Waals surface area contributed by atoms with E-state index < -0.39 is 12.6 Å². The molecule has 0 saturated heterocycles. The summed E-state index contributed by atoms with van der Waals surface area (Å²) in [5.41, 5.74) is 0. The van der Waals surface area contributed by atoms with Crippen LogP contribution >= 0.6 is 38.9 Å². The first-order chi connectivity index (χ1) is 7.00. The van der Waals surface area contributed by atoms with Crippen molar-refractivity contribution in [2.75, 3.05) is 13.2 Å². The Morgan fingerprint density at radius 1 is 1.53 bits per heavy atom. The molecule has 0 aromatic carbocycles. The number of Topliss-reactive ketones (excluding diaryl/α,β-unsaturated/α-hetero) is 1. The molecule has 1 heterocycles. The Labute approximate surface area is 103 Å². The summed E-state index contributed by atoms with van der Waals surface area (Å²) in [6.45, 7) is -0.735. The Bertz CT molecular complexity index is 370. The molecule has 0 radical (unpaired) electrons. The summed E-state index contributed by atoms with van der Waals surface area (Å²) in [5.74, 6) is -1.39. The first-order valence-corrected chi connectivity index (χ1v) is 5.77. The van der Waals surface area contributed by atoms with Crippen molar-refractivity contribution < 1.29 is 19.4 Å². The highest BCUT2D eigenvalue weighted by Gasteiger charge is 2.12. The van der Waals surface area contributed by atoms with Crippen molar-refractivity contribution in [3.8, 4) is 0 Å². The number of thiophene rings is 1. The normalized spacial score (nSPS) is 10.3. The molecule has 0 atom stereocenters. The summed E-state index contributed by atoms with van der Waals surface area (Å²) in [6.07, 6.45) is 0. The van der Waals surface area contributed by atoms with Gasteiger partial charge in [-0.25, -0.2) is 4.79 Å². The van der Waals surface area contributed by atoms with E-state index in [1.165, 1.54) is 0 Å². The van der Waals surface area contributed by atoms with Gasteiger partial charge < -0.3 is 9.84 Å². The maximum atomic E-state index is 11.4. The quantitative estimate of drug-likeness (QED) is 0.848. The first-order valence-electron chi connectivity index (χ1n) is 3.78. The molecule has 1 rings (SSSR count). The lowest BCUT2D eigenvalue weighted by Gasteiger charge is -1.97. The van der Waals surface area contributed by atoms with E-state index in [0.29, 0.717) is 13.7 Å². The van der Waals surface area contributed by atoms with E-state index in [-0.39, 0.29) is 12.4 Å². The lowest BCUT2D eigenvalue weighted by atomic mass is 10.3. The maximum absolute atomic E-state index is 11.4. The van der Waals surface area contributed by atoms with Crippen molar-refractivity contribution in [3.05, 3.63) is 19.8 Å². The van der Waals surface area contributed by atoms with Gasteiger partial charge in [0.2, 0.25) is 0 Å². The second kappa shape index (κ2) is 5.60. The van der Waals surface area contributed by atoms with Crippen LogP contribution in [0.1, 0.15) is 9.67 Å². The van der Waals surface area contributed by atoms with Crippen LogP contribution in [-0.4, -0.2) is 30.1 Å². The van der Waals surface area contributed by atoms with E-state index in [0.717, 1.165) is 11.3 Å². The highest BCUT2D eigenvalue weighted by molar-refractivity contribution is 9.10. The fourth-order valence-electron chi connectivity index (χ4n) is 0.786. The third-order valence-corrected chi connectivity index (χ3v) is 3.89. The summed E-state index contributed by atoms with van der Waals surface area (Å²) < 4.78 is 5.79. The minimum absolute atomic E-state index is 0.254. The van der Waals surface area contributed by atoms with E-state index in [2.05, 4.69) is 20.7 Å². The number of carboxylic acid groups (broad SMARTS) is 1. The summed E-state index contributed by atoms with van der Waals surface area (Å²) in [4.78, 5) is 22.0. The van der Waals surface area contributed by atoms with Crippen LogP contribution in [0.5, 0.6) is 0 Å². The van der Waals surface area contributed by atoms with Gasteiger partial charge in [0.25, 0.3) is 0 Å². The fraction of sp³-hybridized carbons (Fsp3) is 0.250. The standard InChI is InChI=1S/C8H6BrClO4S/c9-4-1-6(15-8(4)10)5(11)2-14-3-7(12)13/h1H,2-3H2,(H,12,13). The van der Waals surface area contributed by atoms with Crippen LogP contribution in [0.2, 0.25) is 4.34 Å². The average molecular weight is 314 g/mol. The molecule has 1 aromatic rings. The number of aliphatic carboxylic acids is 1. The van der Waals surface area contributed by atoms with Crippen molar-refractivity contribution in [3.63, 3.8) is 0 Å². The van der Waals surface area contributed by atoms with Gasteiger partial charge in [-0.05, 0) is 22.0 Å². The van der Waals surface area contributed by atoms with Crippen LogP contribution < -0.4 is 0 Å². The first kappa shape index (κ1) is 12.6. The number of rotatable bonds is 5. The highest BCUT2D eigenvalue weighted by Crippen LogP contribution is 2.32. The molecule has 0 bridgehead atoms. The largest absolute Gasteiger partial charge is 0.480 e. The Kier molecular flexibility index (Phi) is 4.72. The van der Waals surface area contributed by atoms with Gasteiger partial charge in [0.1, 0.15) is 17.6 Å². The molecular formula is C8H6BrClO4S. The number of halogens is 2. The minimum atomic E-state index is -1.10. The van der Waals surface area contributed by atoms with E-state index >= 15 is 0 Å². The van der Waals surface area contributed by atoms with Crippen LogP contribution in [0.4, 0.5) is 0 Å². The van der Waals surface area contributed by atoms with Gasteiger partial charge in [0, 0.05) is 4.47 Å². The fourth-order valence-corrected chi connectivity index (χ4v) is 2.41. The topological polar surface area (TPSA) is 63.6 Å². The van der Waals surface area contributed by atoms with E-state index in [4.69, 9.17) is 16.7 Å². The summed E-state index contributed by atoms with van der Waals surface area (Å²) in [5, 5.41) is 8.28. The molecule has 0 aliphatic rings. The molecule has 7 heteroatoms. The number of carboxylic acids is 1. The van der Waals surface area contributed by atoms with Crippen LogP contribution in [0.15, 0.2) is 10.5 Å². The lowest BCUT2D eigenvalue weighted by molar-refractivity contribution is -0.141. The highest BCUT2D eigenvalue weighted by atomic mass is 79.9. The van der Waals surface area contributed by atoms with Gasteiger partial charge in [-0.15, -0.1) is 11.3 Å². The third-order valence-electron chi connectivity index (χ3n) is 1.38. The third kappa shape index (κ3) is 3.90. The zero-order valence-corrected chi connectivity index (χ0v) is 10.5. The van der Waals surface area contributed by atoms with Crippen LogP contribution in [0.3, 0.4) is 0 Å². The second-order valence-electron chi connectivity index (χ2n) is 2.54. The van der Waals surface area contributed by atoms with Crippen molar-refractivity contribution in [2.24, 2.45) is 0 Å². The molecule has 0 spiro atoms. The molecule has 1 aromatic heterocycles. The number of carbonyl (C=O) groups excluding carboxylic acids is 1. The molecular weight excluding hydrogens is 308 g/mol. The Morgan fingerprint density at radius 3 is 2.67 bits per heavy atom. The molecule has 0 amide bonds. The number of ether oxygens (including phenoxy) is 1. The molecule has 0 saturated carbocycles. The lowest BCUT2D eigenvalue weighted by Crippen LogP contribution is -2.13. The van der Waals surface area contributed by atoms with Gasteiger partial charge >= 0.3 is 5.97 Å². The van der Waals surface area contributed by atoms with Gasteiger partial charge in [-0.1, -0.05) is 11.6 Å². The predicted molar refractivity (Wildman–Crippen MR) is 59.8 cm³/mol. The van der Waals surface area contributed by atoms with Gasteiger partial charge in [0.15, 0.2) is 5.78 Å². The Balaban J connectivity index is 2.50. The van der Waals surface area contributed by atoms with Crippen molar-refractivity contribution in [1.82, 2.24) is 0 Å². The minimum Gasteiger partial charge on any atom is -0.480 e. The Hall–Kier alpha value is -0.430. The van der Waals surface area contributed by atoms with E-state index in [1.54, 1.807) is 6.07 Å². The molecule has 4 nitrogen and oxygen atoms in total. The van der Waals surface area contributed by atoms with Crippen molar-refractivity contribution in [1.29, 1.82) is 0 Å². The molecule has 0 aliphatic heterocycles. The summed E-state index contributed by atoms with van der Waals surface area (Å²) in [7, 11) is 0. The van der Waals surface area contributed by atoms with Crippen molar-refractivity contribution in [2.45, 2.75) is 0 Å². The summed E-state index contributed by atoms with van der Waals surface area (Å²) in [6, 6.07) is 1.58. The zero-order chi connectivity index (χ0) is 11.4. The molecule has 82 valence electrons. The number of hydrogen-bond acceptors (Lipinski definition) is 4.